The number of nitrogens with two attached hydrogens (primary N) is 1. The Morgan fingerprint density at radius 3 is 2.60 bits per heavy atom. The van der Waals surface area contributed by atoms with Crippen molar-refractivity contribution in [2.45, 2.75) is 25.8 Å². The van der Waals surface area contributed by atoms with E-state index >= 15 is 0 Å². The molecule has 2 heteroatoms. The lowest BCUT2D eigenvalue weighted by Crippen LogP contribution is -2.02. The van der Waals surface area contributed by atoms with E-state index in [-0.39, 0.29) is 0 Å². The summed E-state index contributed by atoms with van der Waals surface area (Å²) in [6.45, 7) is 1.88. The number of hydrogen-bond acceptors (Lipinski definition) is 1. The Morgan fingerprint density at radius 1 is 1.00 bits per heavy atom. The van der Waals surface area contributed by atoms with Crippen molar-refractivity contribution in [1.82, 2.24) is 4.57 Å². The summed E-state index contributed by atoms with van der Waals surface area (Å²) >= 11 is 0. The molecule has 1 saturated carbocycles. The Bertz CT molecular complexity index is 766. The first-order chi connectivity index (χ1) is 9.86. The van der Waals surface area contributed by atoms with Crippen molar-refractivity contribution in [3.05, 3.63) is 48.0 Å². The van der Waals surface area contributed by atoms with E-state index in [4.69, 9.17) is 5.73 Å². The van der Waals surface area contributed by atoms with Crippen LogP contribution in [0.2, 0.25) is 0 Å². The summed E-state index contributed by atoms with van der Waals surface area (Å²) in [6.07, 6.45) is 3.73. The second kappa shape index (κ2) is 4.64. The van der Waals surface area contributed by atoms with E-state index in [0.29, 0.717) is 6.54 Å². The minimum atomic E-state index is 0.715. The first-order valence-electron chi connectivity index (χ1n) is 7.57. The molecule has 3 aromatic rings. The summed E-state index contributed by atoms with van der Waals surface area (Å²) in [5, 5.41) is 2.76. The molecular weight excluding hydrogens is 244 g/mol. The van der Waals surface area contributed by atoms with Gasteiger partial charge in [0.2, 0.25) is 0 Å². The molecule has 0 bridgehead atoms. The second-order valence-corrected chi connectivity index (χ2v) is 5.96. The average molecular weight is 264 g/mol. The van der Waals surface area contributed by atoms with Crippen LogP contribution in [-0.2, 0) is 13.0 Å². The van der Waals surface area contributed by atoms with Gasteiger partial charge in [-0.3, -0.25) is 0 Å². The largest absolute Gasteiger partial charge is 0.340 e. The summed E-state index contributed by atoms with van der Waals surface area (Å²) in [5.74, 6) is 0.887. The SMILES string of the molecule is NCCc1ccc2c(c1)c1ccccc1n2CC1CC1. The highest BCUT2D eigenvalue weighted by Gasteiger charge is 2.23. The topological polar surface area (TPSA) is 30.9 Å². The zero-order valence-corrected chi connectivity index (χ0v) is 11.7. The molecule has 0 unspecified atom stereocenters. The fraction of sp³-hybridized carbons (Fsp3) is 0.333. The molecule has 1 fully saturated rings. The third kappa shape index (κ3) is 1.92. The lowest BCUT2D eigenvalue weighted by Gasteiger charge is -2.06. The Morgan fingerprint density at radius 2 is 1.80 bits per heavy atom. The maximum atomic E-state index is 5.69. The number of para-hydroxylation sites is 1. The fourth-order valence-electron chi connectivity index (χ4n) is 3.18. The lowest BCUT2D eigenvalue weighted by molar-refractivity contribution is 0.664. The van der Waals surface area contributed by atoms with Gasteiger partial charge in [0.05, 0.1) is 0 Å². The van der Waals surface area contributed by atoms with Gasteiger partial charge >= 0.3 is 0 Å². The average Bonchev–Trinajstić information content (AvgIpc) is 3.24. The van der Waals surface area contributed by atoms with E-state index in [1.165, 1.54) is 46.8 Å². The van der Waals surface area contributed by atoms with Crippen LogP contribution in [-0.4, -0.2) is 11.1 Å². The first-order valence-corrected chi connectivity index (χ1v) is 7.57. The summed E-state index contributed by atoms with van der Waals surface area (Å²) in [4.78, 5) is 0. The van der Waals surface area contributed by atoms with Crippen LogP contribution in [0.15, 0.2) is 42.5 Å². The minimum Gasteiger partial charge on any atom is -0.340 e. The molecule has 0 amide bonds. The highest BCUT2D eigenvalue weighted by Crippen LogP contribution is 2.36. The molecule has 1 aliphatic rings. The van der Waals surface area contributed by atoms with Crippen molar-refractivity contribution < 1.29 is 0 Å². The molecule has 2 aromatic carbocycles. The minimum absolute atomic E-state index is 0.715. The molecule has 1 aliphatic carbocycles. The zero-order valence-electron chi connectivity index (χ0n) is 11.7. The van der Waals surface area contributed by atoms with Crippen molar-refractivity contribution in [2.24, 2.45) is 11.7 Å². The van der Waals surface area contributed by atoms with Crippen molar-refractivity contribution in [2.75, 3.05) is 6.54 Å². The number of hydrogen-bond donors (Lipinski definition) is 1. The molecule has 0 spiro atoms. The summed E-state index contributed by atoms with van der Waals surface area (Å²) < 4.78 is 2.51. The van der Waals surface area contributed by atoms with Gasteiger partial charge in [0.1, 0.15) is 0 Å². The molecule has 0 saturated heterocycles. The zero-order chi connectivity index (χ0) is 13.5. The fourth-order valence-corrected chi connectivity index (χ4v) is 3.18. The van der Waals surface area contributed by atoms with Gasteiger partial charge in [0.15, 0.2) is 0 Å². The molecule has 2 N–H and O–H groups in total. The molecule has 0 aliphatic heterocycles. The van der Waals surface area contributed by atoms with Crippen molar-refractivity contribution in [1.29, 1.82) is 0 Å². The van der Waals surface area contributed by atoms with Crippen LogP contribution in [0.5, 0.6) is 0 Å². The summed E-state index contributed by atoms with van der Waals surface area (Å²) in [5.41, 5.74) is 9.78. The van der Waals surface area contributed by atoms with Gasteiger partial charge in [-0.1, -0.05) is 24.3 Å². The third-order valence-corrected chi connectivity index (χ3v) is 4.41. The molecule has 102 valence electrons. The Hall–Kier alpha value is -1.80. The van der Waals surface area contributed by atoms with Gasteiger partial charge in [-0.05, 0) is 55.5 Å². The Labute approximate surface area is 119 Å². The highest BCUT2D eigenvalue weighted by molar-refractivity contribution is 6.08. The molecular formula is C18H20N2. The van der Waals surface area contributed by atoms with E-state index in [0.717, 1.165) is 12.3 Å². The number of benzene rings is 2. The van der Waals surface area contributed by atoms with Crippen LogP contribution in [0.4, 0.5) is 0 Å². The van der Waals surface area contributed by atoms with Crippen LogP contribution in [0.1, 0.15) is 18.4 Å². The van der Waals surface area contributed by atoms with E-state index in [1.807, 2.05) is 0 Å². The number of fused-ring (bicyclic) bond motifs is 3. The third-order valence-electron chi connectivity index (χ3n) is 4.41. The maximum Gasteiger partial charge on any atom is 0.0491 e. The predicted octanol–water partition coefficient (Wildman–Crippen LogP) is 3.71. The van der Waals surface area contributed by atoms with Gasteiger partial charge in [0, 0.05) is 28.4 Å². The van der Waals surface area contributed by atoms with Gasteiger partial charge in [-0.15, -0.1) is 0 Å². The van der Waals surface area contributed by atoms with Crippen LogP contribution in [0.25, 0.3) is 21.8 Å². The molecule has 1 heterocycles. The van der Waals surface area contributed by atoms with Gasteiger partial charge < -0.3 is 10.3 Å². The van der Waals surface area contributed by atoms with Gasteiger partial charge in [-0.25, -0.2) is 0 Å². The molecule has 0 radical (unpaired) electrons. The number of nitrogens with zero attached hydrogens (tertiary/aromatic N) is 1. The van der Waals surface area contributed by atoms with E-state index in [1.54, 1.807) is 0 Å². The monoisotopic (exact) mass is 264 g/mol. The van der Waals surface area contributed by atoms with Crippen molar-refractivity contribution in [3.63, 3.8) is 0 Å². The van der Waals surface area contributed by atoms with E-state index < -0.39 is 0 Å². The second-order valence-electron chi connectivity index (χ2n) is 5.96. The van der Waals surface area contributed by atoms with Crippen LogP contribution >= 0.6 is 0 Å². The van der Waals surface area contributed by atoms with Gasteiger partial charge in [0.25, 0.3) is 0 Å². The number of rotatable bonds is 4. The Balaban J connectivity index is 1.97. The quantitative estimate of drug-likeness (QED) is 0.765. The van der Waals surface area contributed by atoms with Crippen LogP contribution in [0, 0.1) is 5.92 Å². The van der Waals surface area contributed by atoms with E-state index in [2.05, 4.69) is 47.0 Å². The molecule has 0 atom stereocenters. The Kier molecular flexibility index (Phi) is 2.78. The molecule has 2 nitrogen and oxygen atoms in total. The summed E-state index contributed by atoms with van der Waals surface area (Å²) in [6, 6.07) is 15.6. The number of aromatic nitrogens is 1. The van der Waals surface area contributed by atoms with Crippen molar-refractivity contribution >= 4 is 21.8 Å². The maximum absolute atomic E-state index is 5.69. The van der Waals surface area contributed by atoms with Crippen LogP contribution < -0.4 is 5.73 Å². The normalized spacial score (nSPS) is 15.2. The first kappa shape index (κ1) is 12.0. The summed E-state index contributed by atoms with van der Waals surface area (Å²) in [7, 11) is 0. The van der Waals surface area contributed by atoms with Gasteiger partial charge in [-0.2, -0.15) is 0 Å². The highest BCUT2D eigenvalue weighted by atomic mass is 15.0. The smallest absolute Gasteiger partial charge is 0.0491 e. The lowest BCUT2D eigenvalue weighted by atomic mass is 10.1. The predicted molar refractivity (Wildman–Crippen MR) is 84.9 cm³/mol. The van der Waals surface area contributed by atoms with Crippen LogP contribution in [0.3, 0.4) is 0 Å². The standard InChI is InChI=1S/C18H20N2/c19-10-9-13-7-8-18-16(11-13)15-3-1-2-4-17(15)20(18)12-14-5-6-14/h1-4,7-8,11,14H,5-6,9-10,12,19H2. The molecule has 4 rings (SSSR count). The van der Waals surface area contributed by atoms with E-state index in [9.17, 15) is 0 Å². The molecule has 20 heavy (non-hydrogen) atoms. The molecule has 1 aromatic heterocycles. The van der Waals surface area contributed by atoms with Crippen molar-refractivity contribution in [3.8, 4) is 0 Å².